The molecule has 2 nitrogen and oxygen atoms in total. The van der Waals surface area contributed by atoms with Crippen LogP contribution in [0.1, 0.15) is 33.1 Å². The minimum atomic E-state index is -0.577. The van der Waals surface area contributed by atoms with Crippen LogP contribution in [0.3, 0.4) is 0 Å². The summed E-state index contributed by atoms with van der Waals surface area (Å²) >= 11 is 0. The van der Waals surface area contributed by atoms with Gasteiger partial charge in [-0.25, -0.2) is 8.78 Å². The molecule has 0 aliphatic heterocycles. The highest BCUT2D eigenvalue weighted by Gasteiger charge is 2.15. The Morgan fingerprint density at radius 3 is 2.61 bits per heavy atom. The lowest BCUT2D eigenvalue weighted by atomic mass is 9.89. The molecule has 0 aromatic heterocycles. The van der Waals surface area contributed by atoms with Crippen LogP contribution in [-0.2, 0) is 0 Å². The van der Waals surface area contributed by atoms with Crippen molar-refractivity contribution in [2.24, 2.45) is 5.41 Å². The molecule has 0 bridgehead atoms. The summed E-state index contributed by atoms with van der Waals surface area (Å²) in [7, 11) is 0. The van der Waals surface area contributed by atoms with E-state index < -0.39 is 11.6 Å². The Kier molecular flexibility index (Phi) is 5.08. The summed E-state index contributed by atoms with van der Waals surface area (Å²) < 4.78 is 25.9. The smallest absolute Gasteiger partial charge is 0.149 e. The standard InChI is InChI=1S/C14H18F2N2/c1-14(2,10-17)7-3-4-8-18-13-6-5-11(15)9-12(13)16/h5-6,9,18H,3-4,7-8H2,1-2H3. The topological polar surface area (TPSA) is 35.8 Å². The molecule has 0 amide bonds. The minimum Gasteiger partial charge on any atom is -0.383 e. The van der Waals surface area contributed by atoms with Gasteiger partial charge in [0.2, 0.25) is 0 Å². The third-order valence-corrected chi connectivity index (χ3v) is 2.78. The average Bonchev–Trinajstić information content (AvgIpc) is 2.31. The van der Waals surface area contributed by atoms with Crippen molar-refractivity contribution in [3.8, 4) is 6.07 Å². The van der Waals surface area contributed by atoms with Crippen molar-refractivity contribution >= 4 is 5.69 Å². The number of unbranched alkanes of at least 4 members (excludes halogenated alkanes) is 1. The summed E-state index contributed by atoms with van der Waals surface area (Å²) in [6.07, 6.45) is 2.56. The summed E-state index contributed by atoms with van der Waals surface area (Å²) in [4.78, 5) is 0. The van der Waals surface area contributed by atoms with Crippen LogP contribution in [0.5, 0.6) is 0 Å². The normalized spacial score (nSPS) is 11.1. The second-order valence-electron chi connectivity index (χ2n) is 5.00. The fourth-order valence-electron chi connectivity index (χ4n) is 1.60. The Hall–Kier alpha value is -1.63. The fourth-order valence-corrected chi connectivity index (χ4v) is 1.60. The third kappa shape index (κ3) is 4.70. The molecule has 1 aromatic rings. The Labute approximate surface area is 107 Å². The van der Waals surface area contributed by atoms with E-state index in [-0.39, 0.29) is 5.41 Å². The van der Waals surface area contributed by atoms with E-state index in [1.807, 2.05) is 13.8 Å². The number of hydrogen-bond donors (Lipinski definition) is 1. The van der Waals surface area contributed by atoms with Crippen molar-refractivity contribution < 1.29 is 8.78 Å². The first-order valence-corrected chi connectivity index (χ1v) is 6.05. The van der Waals surface area contributed by atoms with Crippen LogP contribution in [0.2, 0.25) is 0 Å². The number of nitriles is 1. The van der Waals surface area contributed by atoms with Gasteiger partial charge in [0.15, 0.2) is 0 Å². The van der Waals surface area contributed by atoms with Gasteiger partial charge >= 0.3 is 0 Å². The van der Waals surface area contributed by atoms with E-state index in [1.54, 1.807) is 0 Å². The Balaban J connectivity index is 2.29. The van der Waals surface area contributed by atoms with Gasteiger partial charge in [-0.1, -0.05) is 6.42 Å². The maximum Gasteiger partial charge on any atom is 0.149 e. The van der Waals surface area contributed by atoms with Gasteiger partial charge < -0.3 is 5.32 Å². The van der Waals surface area contributed by atoms with Crippen molar-refractivity contribution in [2.75, 3.05) is 11.9 Å². The molecule has 1 rings (SSSR count). The molecular formula is C14H18F2N2. The monoisotopic (exact) mass is 252 g/mol. The third-order valence-electron chi connectivity index (χ3n) is 2.78. The van der Waals surface area contributed by atoms with E-state index in [1.165, 1.54) is 12.1 Å². The van der Waals surface area contributed by atoms with Crippen LogP contribution in [0.4, 0.5) is 14.5 Å². The zero-order valence-electron chi connectivity index (χ0n) is 10.8. The van der Waals surface area contributed by atoms with Gasteiger partial charge in [0.05, 0.1) is 17.2 Å². The van der Waals surface area contributed by atoms with Gasteiger partial charge in [-0.15, -0.1) is 0 Å². The van der Waals surface area contributed by atoms with Gasteiger partial charge in [0, 0.05) is 12.6 Å². The highest BCUT2D eigenvalue weighted by molar-refractivity contribution is 5.44. The second kappa shape index (κ2) is 6.34. The molecule has 0 atom stereocenters. The molecule has 0 aliphatic carbocycles. The van der Waals surface area contributed by atoms with Crippen molar-refractivity contribution in [3.05, 3.63) is 29.8 Å². The van der Waals surface area contributed by atoms with Gasteiger partial charge in [-0.2, -0.15) is 5.26 Å². The molecule has 18 heavy (non-hydrogen) atoms. The molecule has 0 unspecified atom stereocenters. The second-order valence-corrected chi connectivity index (χ2v) is 5.00. The van der Waals surface area contributed by atoms with Crippen LogP contribution in [0, 0.1) is 28.4 Å². The van der Waals surface area contributed by atoms with Crippen molar-refractivity contribution in [2.45, 2.75) is 33.1 Å². The zero-order chi connectivity index (χ0) is 13.6. The predicted octanol–water partition coefficient (Wildman–Crippen LogP) is 4.10. The van der Waals surface area contributed by atoms with Gasteiger partial charge in [0.1, 0.15) is 11.6 Å². The molecular weight excluding hydrogens is 234 g/mol. The van der Waals surface area contributed by atoms with Crippen molar-refractivity contribution in [3.63, 3.8) is 0 Å². The van der Waals surface area contributed by atoms with E-state index in [0.717, 1.165) is 25.3 Å². The maximum atomic E-state index is 13.3. The fraction of sp³-hybridized carbons (Fsp3) is 0.500. The summed E-state index contributed by atoms with van der Waals surface area (Å²) in [6.45, 7) is 4.42. The Morgan fingerprint density at radius 2 is 2.00 bits per heavy atom. The minimum absolute atomic E-state index is 0.304. The lowest BCUT2D eigenvalue weighted by Gasteiger charge is -2.14. The Bertz CT molecular complexity index is 436. The number of benzene rings is 1. The maximum absolute atomic E-state index is 13.3. The average molecular weight is 252 g/mol. The van der Waals surface area contributed by atoms with Gasteiger partial charge in [0.25, 0.3) is 0 Å². The highest BCUT2D eigenvalue weighted by atomic mass is 19.1. The quantitative estimate of drug-likeness (QED) is 0.774. The van der Waals surface area contributed by atoms with Crippen LogP contribution >= 0.6 is 0 Å². The van der Waals surface area contributed by atoms with Crippen molar-refractivity contribution in [1.29, 1.82) is 5.26 Å². The van der Waals surface area contributed by atoms with E-state index >= 15 is 0 Å². The van der Waals surface area contributed by atoms with E-state index in [0.29, 0.717) is 12.2 Å². The van der Waals surface area contributed by atoms with E-state index in [4.69, 9.17) is 5.26 Å². The highest BCUT2D eigenvalue weighted by Crippen LogP contribution is 2.21. The number of halogens is 2. The molecule has 0 aliphatic rings. The molecule has 0 saturated heterocycles. The number of rotatable bonds is 6. The number of nitrogens with one attached hydrogen (secondary N) is 1. The molecule has 1 N–H and O–H groups in total. The molecule has 0 saturated carbocycles. The van der Waals surface area contributed by atoms with Crippen LogP contribution < -0.4 is 5.32 Å². The van der Waals surface area contributed by atoms with Gasteiger partial charge in [-0.3, -0.25) is 0 Å². The molecule has 0 heterocycles. The molecule has 0 fully saturated rings. The molecule has 0 spiro atoms. The van der Waals surface area contributed by atoms with E-state index in [9.17, 15) is 8.78 Å². The van der Waals surface area contributed by atoms with Crippen LogP contribution in [0.25, 0.3) is 0 Å². The first-order valence-electron chi connectivity index (χ1n) is 6.05. The Morgan fingerprint density at radius 1 is 1.28 bits per heavy atom. The van der Waals surface area contributed by atoms with Crippen LogP contribution in [-0.4, -0.2) is 6.54 Å². The van der Waals surface area contributed by atoms with Crippen molar-refractivity contribution in [1.82, 2.24) is 0 Å². The number of hydrogen-bond acceptors (Lipinski definition) is 2. The van der Waals surface area contributed by atoms with E-state index in [2.05, 4.69) is 11.4 Å². The SMILES string of the molecule is CC(C)(C#N)CCCCNc1ccc(F)cc1F. The zero-order valence-corrected chi connectivity index (χ0v) is 10.8. The molecule has 1 aromatic carbocycles. The first-order chi connectivity index (χ1) is 8.44. The summed E-state index contributed by atoms with van der Waals surface area (Å²) in [5.41, 5.74) is 0.0112. The van der Waals surface area contributed by atoms with Crippen LogP contribution in [0.15, 0.2) is 18.2 Å². The first kappa shape index (κ1) is 14.4. The van der Waals surface area contributed by atoms with Gasteiger partial charge in [-0.05, 0) is 38.8 Å². The lowest BCUT2D eigenvalue weighted by Crippen LogP contribution is -2.09. The molecule has 4 heteroatoms. The summed E-state index contributed by atoms with van der Waals surface area (Å²) in [6, 6.07) is 5.72. The molecule has 0 radical (unpaired) electrons. The predicted molar refractivity (Wildman–Crippen MR) is 68.1 cm³/mol. The largest absolute Gasteiger partial charge is 0.383 e. The molecule has 98 valence electrons. The number of anilines is 1. The number of nitrogens with zero attached hydrogens (tertiary/aromatic N) is 1. The summed E-state index contributed by atoms with van der Waals surface area (Å²) in [5.74, 6) is -1.15. The summed E-state index contributed by atoms with van der Waals surface area (Å²) in [5, 5.41) is 11.8. The lowest BCUT2D eigenvalue weighted by molar-refractivity contribution is 0.430.